The Kier molecular flexibility index (Phi) is 3.66. The maximum atomic E-state index is 13.6. The molecular formula is C15H16F3N3O2. The average Bonchev–Trinajstić information content (AvgIpc) is 2.81. The first kappa shape index (κ1) is 15.9. The summed E-state index contributed by atoms with van der Waals surface area (Å²) in [7, 11) is 0. The number of halogens is 3. The molecule has 0 unspecified atom stereocenters. The molecule has 1 aromatic rings. The molecule has 0 spiro atoms. The highest BCUT2D eigenvalue weighted by Crippen LogP contribution is 2.49. The average molecular weight is 327 g/mol. The number of hydrazone groups is 1. The molecule has 2 heterocycles. The number of hydrogen-bond donors (Lipinski definition) is 1. The smallest absolute Gasteiger partial charge is 0.362 e. The first-order valence-corrected chi connectivity index (χ1v) is 7.36. The van der Waals surface area contributed by atoms with Crippen molar-refractivity contribution in [2.24, 2.45) is 16.9 Å². The van der Waals surface area contributed by atoms with Gasteiger partial charge in [-0.2, -0.15) is 23.3 Å². The Bertz CT molecular complexity index is 647. The van der Waals surface area contributed by atoms with Crippen LogP contribution in [-0.4, -0.2) is 38.6 Å². The van der Waals surface area contributed by atoms with Gasteiger partial charge in [0.15, 0.2) is 0 Å². The van der Waals surface area contributed by atoms with Crippen LogP contribution in [0.1, 0.15) is 36.5 Å². The fourth-order valence-electron chi connectivity index (χ4n) is 3.23. The summed E-state index contributed by atoms with van der Waals surface area (Å²) in [6.07, 6.45) is -1.20. The number of alkyl halides is 3. The summed E-state index contributed by atoms with van der Waals surface area (Å²) in [6.45, 7) is 1.83. The van der Waals surface area contributed by atoms with Gasteiger partial charge in [-0.1, -0.05) is 6.92 Å². The van der Waals surface area contributed by atoms with E-state index in [1.54, 1.807) is 0 Å². The molecule has 3 rings (SSSR count). The van der Waals surface area contributed by atoms with Crippen molar-refractivity contribution in [1.82, 2.24) is 9.99 Å². The number of carbonyl (C=O) groups excluding carboxylic acids is 1. The van der Waals surface area contributed by atoms with Crippen LogP contribution in [0.5, 0.6) is 0 Å². The number of amides is 1. The highest BCUT2D eigenvalue weighted by molar-refractivity contribution is 5.99. The van der Waals surface area contributed by atoms with Crippen LogP contribution in [-0.2, 0) is 0 Å². The highest BCUT2D eigenvalue weighted by Gasteiger charge is 2.68. The largest absolute Gasteiger partial charge is 0.439 e. The van der Waals surface area contributed by atoms with Crippen LogP contribution in [0, 0.1) is 11.8 Å². The summed E-state index contributed by atoms with van der Waals surface area (Å²) in [5.74, 6) is -2.16. The number of hydrogen-bond acceptors (Lipinski definition) is 4. The summed E-state index contributed by atoms with van der Waals surface area (Å²) in [5.41, 5.74) is -3.05. The van der Waals surface area contributed by atoms with Gasteiger partial charge in [0.1, 0.15) is 0 Å². The Labute approximate surface area is 130 Å². The van der Waals surface area contributed by atoms with Gasteiger partial charge >= 0.3 is 6.18 Å². The summed E-state index contributed by atoms with van der Waals surface area (Å²) < 4.78 is 40.9. The second-order valence-corrected chi connectivity index (χ2v) is 6.10. The lowest BCUT2D eigenvalue weighted by Gasteiger charge is -2.39. The van der Waals surface area contributed by atoms with E-state index >= 15 is 0 Å². The van der Waals surface area contributed by atoms with Gasteiger partial charge in [0.25, 0.3) is 11.6 Å². The van der Waals surface area contributed by atoms with Crippen LogP contribution in [0.15, 0.2) is 29.6 Å². The maximum Gasteiger partial charge on any atom is 0.439 e. The van der Waals surface area contributed by atoms with E-state index in [2.05, 4.69) is 10.1 Å². The molecule has 1 aliphatic heterocycles. The molecule has 23 heavy (non-hydrogen) atoms. The number of pyridine rings is 1. The van der Waals surface area contributed by atoms with Crippen LogP contribution in [0.2, 0.25) is 0 Å². The van der Waals surface area contributed by atoms with Gasteiger partial charge in [-0.3, -0.25) is 9.78 Å². The SMILES string of the molecule is C[C@@H]1CCC2=NN(C(=O)c3ccncc3)[C@@](O)(C(F)(F)F)[C@@H]2C1. The third-order valence-corrected chi connectivity index (χ3v) is 4.51. The number of aromatic nitrogens is 1. The monoisotopic (exact) mass is 327 g/mol. The molecule has 8 heteroatoms. The molecular weight excluding hydrogens is 311 g/mol. The van der Waals surface area contributed by atoms with Crippen molar-refractivity contribution in [2.45, 2.75) is 38.1 Å². The van der Waals surface area contributed by atoms with Gasteiger partial charge in [0, 0.05) is 23.7 Å². The zero-order valence-corrected chi connectivity index (χ0v) is 12.4. The van der Waals surface area contributed by atoms with Gasteiger partial charge in [0.2, 0.25) is 0 Å². The van der Waals surface area contributed by atoms with Crippen molar-refractivity contribution in [2.75, 3.05) is 0 Å². The molecule has 1 aliphatic carbocycles. The van der Waals surface area contributed by atoms with E-state index in [-0.39, 0.29) is 28.6 Å². The lowest BCUT2D eigenvalue weighted by Crippen LogP contribution is -2.61. The van der Waals surface area contributed by atoms with Crippen molar-refractivity contribution >= 4 is 11.6 Å². The molecule has 1 N–H and O–H groups in total. The Hall–Kier alpha value is -1.96. The molecule has 124 valence electrons. The van der Waals surface area contributed by atoms with Gasteiger partial charge in [0.05, 0.1) is 5.92 Å². The first-order chi connectivity index (χ1) is 10.7. The molecule has 2 aliphatic rings. The standard InChI is InChI=1S/C15H16F3N3O2/c1-9-2-3-12-11(8-9)14(23,15(16,17)18)21(20-12)13(22)10-4-6-19-7-5-10/h4-7,9,11,23H,2-3,8H2,1H3/t9-,11-,14+/m1/s1. The second-order valence-electron chi connectivity index (χ2n) is 6.10. The minimum atomic E-state index is -5.00. The predicted octanol–water partition coefficient (Wildman–Crippen LogP) is 2.58. The van der Waals surface area contributed by atoms with E-state index in [4.69, 9.17) is 0 Å². The topological polar surface area (TPSA) is 65.8 Å². The van der Waals surface area contributed by atoms with Gasteiger partial charge in [-0.15, -0.1) is 0 Å². The molecule has 0 saturated heterocycles. The predicted molar refractivity (Wildman–Crippen MR) is 75.4 cm³/mol. The zero-order chi connectivity index (χ0) is 16.8. The van der Waals surface area contributed by atoms with Gasteiger partial charge < -0.3 is 5.11 Å². The Morgan fingerprint density at radius 2 is 2.04 bits per heavy atom. The maximum absolute atomic E-state index is 13.6. The number of rotatable bonds is 1. The lowest BCUT2D eigenvalue weighted by atomic mass is 9.76. The molecule has 0 aromatic carbocycles. The number of carbonyl (C=O) groups is 1. The number of fused-ring (bicyclic) bond motifs is 1. The Morgan fingerprint density at radius 3 is 2.65 bits per heavy atom. The zero-order valence-electron chi connectivity index (χ0n) is 12.4. The molecule has 1 aromatic heterocycles. The van der Waals surface area contributed by atoms with E-state index in [1.807, 2.05) is 6.92 Å². The lowest BCUT2D eigenvalue weighted by molar-refractivity contribution is -0.313. The fourth-order valence-corrected chi connectivity index (χ4v) is 3.23. The van der Waals surface area contributed by atoms with E-state index in [0.717, 1.165) is 0 Å². The fraction of sp³-hybridized carbons (Fsp3) is 0.533. The summed E-state index contributed by atoms with van der Waals surface area (Å²) in [6, 6.07) is 2.59. The second kappa shape index (κ2) is 5.30. The minimum Gasteiger partial charge on any atom is -0.362 e. The molecule has 0 bridgehead atoms. The van der Waals surface area contributed by atoms with E-state index in [9.17, 15) is 23.1 Å². The van der Waals surface area contributed by atoms with Crippen LogP contribution in [0.4, 0.5) is 13.2 Å². The Morgan fingerprint density at radius 1 is 1.39 bits per heavy atom. The Balaban J connectivity index is 2.04. The molecule has 3 atom stereocenters. The number of aliphatic hydroxyl groups is 1. The van der Waals surface area contributed by atoms with Crippen LogP contribution >= 0.6 is 0 Å². The van der Waals surface area contributed by atoms with Crippen molar-refractivity contribution in [3.05, 3.63) is 30.1 Å². The van der Waals surface area contributed by atoms with Crippen molar-refractivity contribution in [1.29, 1.82) is 0 Å². The third kappa shape index (κ3) is 2.41. The van der Waals surface area contributed by atoms with Crippen molar-refractivity contribution in [3.8, 4) is 0 Å². The van der Waals surface area contributed by atoms with Crippen LogP contribution in [0.3, 0.4) is 0 Å². The molecule has 1 fully saturated rings. The molecule has 5 nitrogen and oxygen atoms in total. The molecule has 0 radical (unpaired) electrons. The van der Waals surface area contributed by atoms with Gasteiger partial charge in [-0.05, 0) is 37.3 Å². The van der Waals surface area contributed by atoms with E-state index in [0.29, 0.717) is 12.8 Å². The van der Waals surface area contributed by atoms with Crippen molar-refractivity contribution in [3.63, 3.8) is 0 Å². The summed E-state index contributed by atoms with van der Waals surface area (Å²) in [5, 5.41) is 14.5. The number of nitrogens with zero attached hydrogens (tertiary/aromatic N) is 3. The summed E-state index contributed by atoms with van der Waals surface area (Å²) >= 11 is 0. The summed E-state index contributed by atoms with van der Waals surface area (Å²) in [4.78, 5) is 16.2. The highest BCUT2D eigenvalue weighted by atomic mass is 19.4. The van der Waals surface area contributed by atoms with E-state index < -0.39 is 23.7 Å². The quantitative estimate of drug-likeness (QED) is 0.862. The van der Waals surface area contributed by atoms with Crippen molar-refractivity contribution < 1.29 is 23.1 Å². The van der Waals surface area contributed by atoms with Crippen LogP contribution in [0.25, 0.3) is 0 Å². The minimum absolute atomic E-state index is 0.00118. The van der Waals surface area contributed by atoms with Crippen LogP contribution < -0.4 is 0 Å². The molecule has 1 saturated carbocycles. The molecule has 1 amide bonds. The van der Waals surface area contributed by atoms with E-state index in [1.165, 1.54) is 24.5 Å². The van der Waals surface area contributed by atoms with Gasteiger partial charge in [-0.25, -0.2) is 0 Å². The normalized spacial score (nSPS) is 30.8. The third-order valence-electron chi connectivity index (χ3n) is 4.51. The first-order valence-electron chi connectivity index (χ1n) is 7.36.